The molecule has 1 heterocycles. The monoisotopic (exact) mass is 260 g/mol. The average Bonchev–Trinajstić information content (AvgIpc) is 2.64. The number of Topliss-reactive ketones (excluding diaryl/α,β-unsaturated/α-hetero) is 1. The van der Waals surface area contributed by atoms with E-state index in [1.807, 2.05) is 6.92 Å². The smallest absolute Gasteiger partial charge is 0.143 e. The molecule has 1 fully saturated rings. The first-order valence-corrected chi connectivity index (χ1v) is 7.29. The minimum absolute atomic E-state index is 0.0425. The van der Waals surface area contributed by atoms with E-state index in [1.54, 1.807) is 0 Å². The highest BCUT2D eigenvalue weighted by Crippen LogP contribution is 2.33. The molecule has 0 aromatic heterocycles. The molecule has 0 spiro atoms. The summed E-state index contributed by atoms with van der Waals surface area (Å²) in [4.78, 5) is 12.5. The lowest BCUT2D eigenvalue weighted by atomic mass is 9.84. The second kappa shape index (κ2) is 5.87. The van der Waals surface area contributed by atoms with Crippen molar-refractivity contribution in [3.63, 3.8) is 0 Å². The number of carbonyl (C=O) groups excluding carboxylic acids is 1. The van der Waals surface area contributed by atoms with Crippen LogP contribution in [0.3, 0.4) is 0 Å². The van der Waals surface area contributed by atoms with Gasteiger partial charge in [-0.15, -0.1) is 0 Å². The van der Waals surface area contributed by atoms with Crippen molar-refractivity contribution in [1.29, 1.82) is 0 Å². The normalized spacial score (nSPS) is 30.5. The van der Waals surface area contributed by atoms with Crippen LogP contribution in [0.2, 0.25) is 0 Å². The van der Waals surface area contributed by atoms with Crippen molar-refractivity contribution >= 4 is 5.78 Å². The van der Waals surface area contributed by atoms with E-state index in [2.05, 4.69) is 45.0 Å². The van der Waals surface area contributed by atoms with Crippen LogP contribution in [0.4, 0.5) is 0 Å². The zero-order chi connectivity index (χ0) is 14.0. The summed E-state index contributed by atoms with van der Waals surface area (Å²) in [7, 11) is 0. The molecular formula is C17H24O2. The second-order valence-electron chi connectivity index (χ2n) is 5.74. The van der Waals surface area contributed by atoms with Gasteiger partial charge in [0.05, 0.1) is 12.2 Å². The maximum absolute atomic E-state index is 12.5. The minimum atomic E-state index is 0.0425. The second-order valence-corrected chi connectivity index (χ2v) is 5.74. The number of rotatable bonds is 4. The summed E-state index contributed by atoms with van der Waals surface area (Å²) in [6.45, 7) is 8.34. The maximum Gasteiger partial charge on any atom is 0.143 e. The molecule has 4 atom stereocenters. The molecule has 0 aliphatic carbocycles. The highest BCUT2D eigenvalue weighted by Gasteiger charge is 2.40. The lowest BCUT2D eigenvalue weighted by Gasteiger charge is -2.17. The zero-order valence-electron chi connectivity index (χ0n) is 12.3. The summed E-state index contributed by atoms with van der Waals surface area (Å²) in [5.74, 6) is 0.673. The van der Waals surface area contributed by atoms with Gasteiger partial charge in [0.2, 0.25) is 0 Å². The SMILES string of the molecule is CCc1ccc(CC(=O)C2C(C)OC(C)C2C)cc1. The van der Waals surface area contributed by atoms with E-state index in [-0.39, 0.29) is 18.1 Å². The number of hydrogen-bond donors (Lipinski definition) is 0. The van der Waals surface area contributed by atoms with E-state index >= 15 is 0 Å². The molecule has 1 aliphatic rings. The van der Waals surface area contributed by atoms with Crippen LogP contribution in [0.5, 0.6) is 0 Å². The van der Waals surface area contributed by atoms with Gasteiger partial charge in [0.15, 0.2) is 0 Å². The van der Waals surface area contributed by atoms with Gasteiger partial charge < -0.3 is 4.74 Å². The maximum atomic E-state index is 12.5. The van der Waals surface area contributed by atoms with Gasteiger partial charge in [-0.05, 0) is 37.3 Å². The Morgan fingerprint density at radius 3 is 2.11 bits per heavy atom. The zero-order valence-corrected chi connectivity index (χ0v) is 12.3. The molecule has 1 saturated heterocycles. The summed E-state index contributed by atoms with van der Waals surface area (Å²) in [5.41, 5.74) is 2.43. The van der Waals surface area contributed by atoms with Crippen LogP contribution >= 0.6 is 0 Å². The summed E-state index contributed by atoms with van der Waals surface area (Å²) >= 11 is 0. The summed E-state index contributed by atoms with van der Waals surface area (Å²) < 4.78 is 5.76. The molecule has 0 N–H and O–H groups in total. The highest BCUT2D eigenvalue weighted by atomic mass is 16.5. The van der Waals surface area contributed by atoms with Crippen molar-refractivity contribution in [2.75, 3.05) is 0 Å². The predicted octanol–water partition coefficient (Wildman–Crippen LogP) is 3.42. The first-order chi connectivity index (χ1) is 9.02. The topological polar surface area (TPSA) is 26.3 Å². The van der Waals surface area contributed by atoms with Crippen molar-refractivity contribution in [1.82, 2.24) is 0 Å². The van der Waals surface area contributed by atoms with E-state index in [1.165, 1.54) is 5.56 Å². The molecule has 0 radical (unpaired) electrons. The molecule has 0 bridgehead atoms. The lowest BCUT2D eigenvalue weighted by molar-refractivity contribution is -0.124. The van der Waals surface area contributed by atoms with Crippen molar-refractivity contribution in [2.24, 2.45) is 11.8 Å². The van der Waals surface area contributed by atoms with Crippen molar-refractivity contribution < 1.29 is 9.53 Å². The van der Waals surface area contributed by atoms with Crippen molar-refractivity contribution in [3.05, 3.63) is 35.4 Å². The van der Waals surface area contributed by atoms with Crippen LogP contribution in [0.25, 0.3) is 0 Å². The average molecular weight is 260 g/mol. The van der Waals surface area contributed by atoms with Gasteiger partial charge >= 0.3 is 0 Å². The molecule has 104 valence electrons. The fourth-order valence-corrected chi connectivity index (χ4v) is 3.03. The number of carbonyl (C=O) groups is 1. The third-order valence-corrected chi connectivity index (χ3v) is 4.42. The van der Waals surface area contributed by atoms with Crippen LogP contribution < -0.4 is 0 Å². The van der Waals surface area contributed by atoms with Crippen LogP contribution in [0.15, 0.2) is 24.3 Å². The molecule has 2 rings (SSSR count). The quantitative estimate of drug-likeness (QED) is 0.829. The fourth-order valence-electron chi connectivity index (χ4n) is 3.03. The molecule has 19 heavy (non-hydrogen) atoms. The predicted molar refractivity (Wildman–Crippen MR) is 77.2 cm³/mol. The molecule has 2 nitrogen and oxygen atoms in total. The largest absolute Gasteiger partial charge is 0.375 e. The Balaban J connectivity index is 2.04. The van der Waals surface area contributed by atoms with E-state index in [0.717, 1.165) is 12.0 Å². The Morgan fingerprint density at radius 1 is 1.05 bits per heavy atom. The third-order valence-electron chi connectivity index (χ3n) is 4.42. The van der Waals surface area contributed by atoms with E-state index < -0.39 is 0 Å². The van der Waals surface area contributed by atoms with Gasteiger partial charge in [-0.1, -0.05) is 38.1 Å². The number of benzene rings is 1. The molecule has 0 amide bonds. The van der Waals surface area contributed by atoms with E-state index in [9.17, 15) is 4.79 Å². The Kier molecular flexibility index (Phi) is 4.41. The Bertz CT molecular complexity index is 435. The lowest BCUT2D eigenvalue weighted by Crippen LogP contribution is -2.28. The Morgan fingerprint density at radius 2 is 1.63 bits per heavy atom. The molecule has 4 unspecified atom stereocenters. The molecule has 1 aromatic carbocycles. The molecule has 1 aromatic rings. The van der Waals surface area contributed by atoms with Crippen LogP contribution in [0, 0.1) is 11.8 Å². The number of aryl methyl sites for hydroxylation is 1. The highest BCUT2D eigenvalue weighted by molar-refractivity contribution is 5.84. The standard InChI is InChI=1S/C17H24O2/c1-5-14-6-8-15(9-7-14)10-16(18)17-11(2)12(3)19-13(17)4/h6-9,11-13,17H,5,10H2,1-4H3. The van der Waals surface area contributed by atoms with Gasteiger partial charge in [0.1, 0.15) is 5.78 Å². The number of ether oxygens (including phenoxy) is 1. The molecule has 2 heteroatoms. The van der Waals surface area contributed by atoms with Gasteiger partial charge in [-0.25, -0.2) is 0 Å². The number of hydrogen-bond acceptors (Lipinski definition) is 2. The molecule has 1 aliphatic heterocycles. The van der Waals surface area contributed by atoms with Crippen LogP contribution in [-0.4, -0.2) is 18.0 Å². The first-order valence-electron chi connectivity index (χ1n) is 7.29. The molecule has 0 saturated carbocycles. The van der Waals surface area contributed by atoms with Crippen LogP contribution in [0.1, 0.15) is 38.8 Å². The summed E-state index contributed by atoms with van der Waals surface area (Å²) in [6, 6.07) is 8.38. The first kappa shape index (κ1) is 14.3. The molecular weight excluding hydrogens is 236 g/mol. The Hall–Kier alpha value is -1.15. The fraction of sp³-hybridized carbons (Fsp3) is 0.588. The summed E-state index contributed by atoms with van der Waals surface area (Å²) in [5, 5.41) is 0. The summed E-state index contributed by atoms with van der Waals surface area (Å²) in [6.07, 6.45) is 1.80. The van der Waals surface area contributed by atoms with E-state index in [4.69, 9.17) is 4.74 Å². The van der Waals surface area contributed by atoms with Crippen molar-refractivity contribution in [3.8, 4) is 0 Å². The van der Waals surface area contributed by atoms with Gasteiger partial charge in [0, 0.05) is 12.3 Å². The van der Waals surface area contributed by atoms with Crippen molar-refractivity contribution in [2.45, 2.75) is 52.7 Å². The van der Waals surface area contributed by atoms with E-state index in [0.29, 0.717) is 18.1 Å². The van der Waals surface area contributed by atoms with Crippen LogP contribution in [-0.2, 0) is 22.4 Å². The van der Waals surface area contributed by atoms with Gasteiger partial charge in [-0.3, -0.25) is 4.79 Å². The Labute approximate surface area is 116 Å². The number of ketones is 1. The van der Waals surface area contributed by atoms with Gasteiger partial charge in [-0.2, -0.15) is 0 Å². The third kappa shape index (κ3) is 3.06. The van der Waals surface area contributed by atoms with Gasteiger partial charge in [0.25, 0.3) is 0 Å². The minimum Gasteiger partial charge on any atom is -0.375 e.